The summed E-state index contributed by atoms with van der Waals surface area (Å²) in [6.45, 7) is 0.818. The second-order valence-electron chi connectivity index (χ2n) is 4.04. The monoisotopic (exact) mass is 212 g/mol. The zero-order chi connectivity index (χ0) is 11.0. The van der Waals surface area contributed by atoms with Crippen LogP contribution in [0.1, 0.15) is 12.8 Å². The fraction of sp³-hybridized carbons (Fsp3) is 0.231. The van der Waals surface area contributed by atoms with Gasteiger partial charge in [0.25, 0.3) is 0 Å². The molecule has 0 radical (unpaired) electrons. The maximum Gasteiger partial charge on any atom is 0.227 e. The topological polar surface area (TPSA) is 33.2 Å². The van der Waals surface area contributed by atoms with Gasteiger partial charge in [-0.3, -0.25) is 9.78 Å². The molecule has 0 saturated carbocycles. The van der Waals surface area contributed by atoms with E-state index in [9.17, 15) is 4.79 Å². The number of nitrogens with zero attached hydrogens (tertiary/aromatic N) is 2. The van der Waals surface area contributed by atoms with Crippen LogP contribution in [0.15, 0.2) is 36.5 Å². The summed E-state index contributed by atoms with van der Waals surface area (Å²) in [5.74, 6) is 0.206. The molecule has 3 nitrogen and oxygen atoms in total. The van der Waals surface area contributed by atoms with Crippen LogP contribution in [0.5, 0.6) is 0 Å². The van der Waals surface area contributed by atoms with E-state index in [1.54, 1.807) is 6.20 Å². The molecule has 0 N–H and O–H groups in total. The molecule has 0 bridgehead atoms. The molecule has 0 spiro atoms. The molecule has 1 aliphatic rings. The van der Waals surface area contributed by atoms with Crippen LogP contribution in [0.3, 0.4) is 0 Å². The van der Waals surface area contributed by atoms with Crippen molar-refractivity contribution in [2.45, 2.75) is 12.8 Å². The minimum atomic E-state index is 0.206. The normalized spacial score (nSPS) is 16.0. The lowest BCUT2D eigenvalue weighted by atomic mass is 10.2. The second kappa shape index (κ2) is 3.59. The summed E-state index contributed by atoms with van der Waals surface area (Å²) in [5, 5.41) is 1.08. The quantitative estimate of drug-likeness (QED) is 0.727. The molecular formula is C13H12N2O. The maximum absolute atomic E-state index is 11.6. The van der Waals surface area contributed by atoms with E-state index in [0.717, 1.165) is 29.6 Å². The van der Waals surface area contributed by atoms with Gasteiger partial charge in [0, 0.05) is 18.4 Å². The van der Waals surface area contributed by atoms with Crippen LogP contribution in [0.4, 0.5) is 5.69 Å². The van der Waals surface area contributed by atoms with E-state index in [1.165, 1.54) is 0 Å². The predicted octanol–water partition coefficient (Wildman–Crippen LogP) is 2.36. The van der Waals surface area contributed by atoms with Crippen LogP contribution in [-0.2, 0) is 4.79 Å². The molecule has 1 fully saturated rings. The van der Waals surface area contributed by atoms with Crippen molar-refractivity contribution >= 4 is 22.5 Å². The molecule has 1 amide bonds. The van der Waals surface area contributed by atoms with Crippen LogP contribution in [0.2, 0.25) is 0 Å². The highest BCUT2D eigenvalue weighted by atomic mass is 16.2. The molecule has 2 heterocycles. The number of aromatic nitrogens is 1. The summed E-state index contributed by atoms with van der Waals surface area (Å²) in [7, 11) is 0. The lowest BCUT2D eigenvalue weighted by Crippen LogP contribution is -2.23. The highest BCUT2D eigenvalue weighted by molar-refractivity contribution is 5.96. The Morgan fingerprint density at radius 2 is 2.12 bits per heavy atom. The number of fused-ring (bicyclic) bond motifs is 1. The van der Waals surface area contributed by atoms with Gasteiger partial charge in [-0.15, -0.1) is 0 Å². The number of hydrogen-bond donors (Lipinski definition) is 0. The van der Waals surface area contributed by atoms with Gasteiger partial charge in [-0.05, 0) is 18.6 Å². The van der Waals surface area contributed by atoms with Crippen molar-refractivity contribution in [2.75, 3.05) is 11.4 Å². The van der Waals surface area contributed by atoms with Gasteiger partial charge >= 0.3 is 0 Å². The third-order valence-electron chi connectivity index (χ3n) is 2.96. The maximum atomic E-state index is 11.6. The molecule has 1 aromatic heterocycles. The highest BCUT2D eigenvalue weighted by Gasteiger charge is 2.21. The molecule has 0 atom stereocenters. The van der Waals surface area contributed by atoms with Crippen molar-refractivity contribution in [1.82, 2.24) is 4.98 Å². The Bertz CT molecular complexity index is 550. The van der Waals surface area contributed by atoms with E-state index in [2.05, 4.69) is 4.98 Å². The molecule has 3 heteroatoms. The summed E-state index contributed by atoms with van der Waals surface area (Å²) >= 11 is 0. The summed E-state index contributed by atoms with van der Waals surface area (Å²) in [4.78, 5) is 17.8. The first-order valence-corrected chi connectivity index (χ1v) is 5.50. The SMILES string of the molecule is O=C1CCCN1c1cnc2ccccc2c1. The lowest BCUT2D eigenvalue weighted by molar-refractivity contribution is -0.117. The smallest absolute Gasteiger partial charge is 0.227 e. The minimum absolute atomic E-state index is 0.206. The molecule has 1 saturated heterocycles. The fourth-order valence-corrected chi connectivity index (χ4v) is 2.13. The number of pyridine rings is 1. The van der Waals surface area contributed by atoms with Gasteiger partial charge in [-0.2, -0.15) is 0 Å². The number of benzene rings is 1. The second-order valence-corrected chi connectivity index (χ2v) is 4.04. The number of carbonyl (C=O) groups is 1. The van der Waals surface area contributed by atoms with Gasteiger partial charge in [-0.25, -0.2) is 0 Å². The third-order valence-corrected chi connectivity index (χ3v) is 2.96. The van der Waals surface area contributed by atoms with Crippen molar-refractivity contribution in [3.05, 3.63) is 36.5 Å². The van der Waals surface area contributed by atoms with Gasteiger partial charge in [0.15, 0.2) is 0 Å². The Morgan fingerprint density at radius 3 is 2.94 bits per heavy atom. The summed E-state index contributed by atoms with van der Waals surface area (Å²) in [6, 6.07) is 9.98. The zero-order valence-corrected chi connectivity index (χ0v) is 8.89. The number of para-hydroxylation sites is 1. The Kier molecular flexibility index (Phi) is 2.10. The van der Waals surface area contributed by atoms with Crippen molar-refractivity contribution in [3.63, 3.8) is 0 Å². The van der Waals surface area contributed by atoms with Gasteiger partial charge in [0.05, 0.1) is 17.4 Å². The Morgan fingerprint density at radius 1 is 1.25 bits per heavy atom. The van der Waals surface area contributed by atoms with Gasteiger partial charge in [-0.1, -0.05) is 18.2 Å². The predicted molar refractivity (Wildman–Crippen MR) is 63.3 cm³/mol. The number of hydrogen-bond acceptors (Lipinski definition) is 2. The number of rotatable bonds is 1. The molecule has 3 rings (SSSR count). The molecule has 2 aromatic rings. The van der Waals surface area contributed by atoms with Crippen LogP contribution >= 0.6 is 0 Å². The lowest BCUT2D eigenvalue weighted by Gasteiger charge is -2.15. The number of anilines is 1. The number of carbonyl (C=O) groups excluding carboxylic acids is 1. The fourth-order valence-electron chi connectivity index (χ4n) is 2.13. The van der Waals surface area contributed by atoms with Gasteiger partial charge in [0.2, 0.25) is 5.91 Å². The molecule has 0 aliphatic carbocycles. The highest BCUT2D eigenvalue weighted by Crippen LogP contribution is 2.23. The van der Waals surface area contributed by atoms with Crippen LogP contribution in [0.25, 0.3) is 10.9 Å². The van der Waals surface area contributed by atoms with Crippen molar-refractivity contribution in [1.29, 1.82) is 0 Å². The van der Waals surface area contributed by atoms with Crippen LogP contribution in [0, 0.1) is 0 Å². The molecule has 80 valence electrons. The first-order chi connectivity index (χ1) is 7.84. The molecule has 16 heavy (non-hydrogen) atoms. The van der Waals surface area contributed by atoms with Crippen LogP contribution in [-0.4, -0.2) is 17.4 Å². The van der Waals surface area contributed by atoms with E-state index in [-0.39, 0.29) is 5.91 Å². The first kappa shape index (κ1) is 9.33. The number of amides is 1. The summed E-state index contributed by atoms with van der Waals surface area (Å²) in [6.07, 6.45) is 3.39. The van der Waals surface area contributed by atoms with Crippen molar-refractivity contribution < 1.29 is 4.79 Å². The van der Waals surface area contributed by atoms with E-state index < -0.39 is 0 Å². The van der Waals surface area contributed by atoms with E-state index in [0.29, 0.717) is 6.42 Å². The van der Waals surface area contributed by atoms with E-state index >= 15 is 0 Å². The largest absolute Gasteiger partial charge is 0.311 e. The van der Waals surface area contributed by atoms with Gasteiger partial charge in [0.1, 0.15) is 0 Å². The summed E-state index contributed by atoms with van der Waals surface area (Å²) < 4.78 is 0. The minimum Gasteiger partial charge on any atom is -0.311 e. The summed E-state index contributed by atoms with van der Waals surface area (Å²) in [5.41, 5.74) is 1.89. The Hall–Kier alpha value is -1.90. The van der Waals surface area contributed by atoms with Crippen molar-refractivity contribution in [3.8, 4) is 0 Å². The Balaban J connectivity index is 2.08. The zero-order valence-electron chi connectivity index (χ0n) is 8.89. The molecule has 1 aromatic carbocycles. The first-order valence-electron chi connectivity index (χ1n) is 5.50. The third kappa shape index (κ3) is 1.45. The van der Waals surface area contributed by atoms with Crippen molar-refractivity contribution in [2.24, 2.45) is 0 Å². The standard InChI is InChI=1S/C13H12N2O/c16-13-6-3-7-15(13)11-8-10-4-1-2-5-12(10)14-9-11/h1-2,4-5,8-9H,3,6-7H2. The average Bonchev–Trinajstić information content (AvgIpc) is 2.75. The van der Waals surface area contributed by atoms with E-state index in [1.807, 2.05) is 35.2 Å². The Labute approximate surface area is 93.7 Å². The molecular weight excluding hydrogens is 200 g/mol. The molecule has 1 aliphatic heterocycles. The van der Waals surface area contributed by atoms with Gasteiger partial charge < -0.3 is 4.90 Å². The molecule has 0 unspecified atom stereocenters. The van der Waals surface area contributed by atoms with Crippen LogP contribution < -0.4 is 4.90 Å². The van der Waals surface area contributed by atoms with E-state index in [4.69, 9.17) is 0 Å². The average molecular weight is 212 g/mol.